The number of nitrogens with two attached hydrogens (primary N) is 1. The molecule has 2 aromatic rings. The van der Waals surface area contributed by atoms with Crippen LogP contribution in [0.3, 0.4) is 0 Å². The fourth-order valence-corrected chi connectivity index (χ4v) is 2.19. The molecule has 0 spiro atoms. The smallest absolute Gasteiger partial charge is 0.259 e. The first-order valence-corrected chi connectivity index (χ1v) is 6.18. The minimum atomic E-state index is -0.363. The molecule has 20 heavy (non-hydrogen) atoms. The van der Waals surface area contributed by atoms with Crippen LogP contribution in [0.5, 0.6) is 0 Å². The summed E-state index contributed by atoms with van der Waals surface area (Å²) in [5, 5.41) is 5.47. The van der Waals surface area contributed by atoms with Crippen molar-refractivity contribution in [3.8, 4) is 0 Å². The topological polar surface area (TPSA) is 84.2 Å². The fraction of sp³-hybridized carbons (Fsp3) is 0.0667. The number of anilines is 3. The van der Waals surface area contributed by atoms with Gasteiger partial charge in [0, 0.05) is 17.1 Å². The molecular formula is C15H13N3O2. The van der Waals surface area contributed by atoms with E-state index in [4.69, 9.17) is 5.73 Å². The lowest BCUT2D eigenvalue weighted by molar-refractivity contribution is 0.0879. The van der Waals surface area contributed by atoms with Crippen LogP contribution in [0.25, 0.3) is 0 Å². The van der Waals surface area contributed by atoms with Crippen LogP contribution in [0.15, 0.2) is 36.4 Å². The van der Waals surface area contributed by atoms with Crippen LogP contribution < -0.4 is 16.4 Å². The molecule has 0 aromatic heterocycles. The van der Waals surface area contributed by atoms with Crippen molar-refractivity contribution in [2.24, 2.45) is 0 Å². The second-order valence-corrected chi connectivity index (χ2v) is 4.69. The lowest BCUT2D eigenvalue weighted by Crippen LogP contribution is -2.19. The van der Waals surface area contributed by atoms with Crippen LogP contribution in [0.1, 0.15) is 26.3 Å². The van der Waals surface area contributed by atoms with Crippen LogP contribution in [-0.4, -0.2) is 11.8 Å². The standard InChI is InChI=1S/C15H13N3O2/c1-8-12(16)3-2-4-13(8)17-9-5-6-10-11(7-9)15(20)18-14(10)19/h2-7,17H,16H2,1H3,(H,18,19,20). The summed E-state index contributed by atoms with van der Waals surface area (Å²) in [6, 6.07) is 10.7. The van der Waals surface area contributed by atoms with Gasteiger partial charge in [0.05, 0.1) is 11.1 Å². The molecule has 0 saturated carbocycles. The van der Waals surface area contributed by atoms with Crippen LogP contribution >= 0.6 is 0 Å². The number of carbonyl (C=O) groups excluding carboxylic acids is 2. The van der Waals surface area contributed by atoms with Crippen molar-refractivity contribution in [2.45, 2.75) is 6.92 Å². The number of hydrogen-bond donors (Lipinski definition) is 3. The van der Waals surface area contributed by atoms with Crippen molar-refractivity contribution in [2.75, 3.05) is 11.1 Å². The van der Waals surface area contributed by atoms with Crippen LogP contribution in [0.2, 0.25) is 0 Å². The first-order valence-electron chi connectivity index (χ1n) is 6.18. The Labute approximate surface area is 115 Å². The van der Waals surface area contributed by atoms with Crippen LogP contribution in [0.4, 0.5) is 17.1 Å². The maximum absolute atomic E-state index is 11.6. The molecule has 2 aromatic carbocycles. The Hall–Kier alpha value is -2.82. The number of imide groups is 1. The van der Waals surface area contributed by atoms with E-state index in [0.717, 1.165) is 16.9 Å². The third-order valence-electron chi connectivity index (χ3n) is 3.39. The number of carbonyl (C=O) groups is 2. The van der Waals surface area contributed by atoms with Gasteiger partial charge in [0.15, 0.2) is 0 Å². The van der Waals surface area contributed by atoms with Gasteiger partial charge in [0.1, 0.15) is 0 Å². The number of amides is 2. The minimum absolute atomic E-state index is 0.350. The lowest BCUT2D eigenvalue weighted by atomic mass is 10.1. The Bertz CT molecular complexity index is 738. The first kappa shape index (κ1) is 12.2. The second-order valence-electron chi connectivity index (χ2n) is 4.69. The summed E-state index contributed by atoms with van der Waals surface area (Å²) < 4.78 is 0. The highest BCUT2D eigenvalue weighted by molar-refractivity contribution is 6.21. The summed E-state index contributed by atoms with van der Waals surface area (Å²) in [5.41, 5.74) is 9.90. The Balaban J connectivity index is 1.97. The number of rotatable bonds is 2. The van der Waals surface area contributed by atoms with Gasteiger partial charge in [-0.15, -0.1) is 0 Å². The third-order valence-corrected chi connectivity index (χ3v) is 3.39. The zero-order valence-electron chi connectivity index (χ0n) is 10.9. The molecule has 1 heterocycles. The monoisotopic (exact) mass is 267 g/mol. The predicted molar refractivity (Wildman–Crippen MR) is 77.1 cm³/mol. The minimum Gasteiger partial charge on any atom is -0.398 e. The van der Waals surface area contributed by atoms with Gasteiger partial charge >= 0.3 is 0 Å². The highest BCUT2D eigenvalue weighted by Crippen LogP contribution is 2.27. The van der Waals surface area contributed by atoms with E-state index in [2.05, 4.69) is 10.6 Å². The molecule has 5 nitrogen and oxygen atoms in total. The van der Waals surface area contributed by atoms with Crippen molar-refractivity contribution in [3.63, 3.8) is 0 Å². The largest absolute Gasteiger partial charge is 0.398 e. The van der Waals surface area contributed by atoms with Crippen LogP contribution in [-0.2, 0) is 0 Å². The maximum atomic E-state index is 11.6. The van der Waals surface area contributed by atoms with Crippen molar-refractivity contribution in [1.82, 2.24) is 5.32 Å². The Morgan fingerprint density at radius 1 is 1.05 bits per heavy atom. The van der Waals surface area contributed by atoms with Crippen molar-refractivity contribution < 1.29 is 9.59 Å². The number of hydrogen-bond acceptors (Lipinski definition) is 4. The van der Waals surface area contributed by atoms with Gasteiger partial charge in [-0.1, -0.05) is 6.07 Å². The molecule has 5 heteroatoms. The normalized spacial score (nSPS) is 13.1. The van der Waals surface area contributed by atoms with Gasteiger partial charge in [-0.25, -0.2) is 0 Å². The van der Waals surface area contributed by atoms with Gasteiger partial charge in [-0.2, -0.15) is 0 Å². The number of nitrogens with one attached hydrogen (secondary N) is 2. The van der Waals surface area contributed by atoms with Crippen molar-refractivity contribution in [1.29, 1.82) is 0 Å². The van der Waals surface area contributed by atoms with Gasteiger partial charge in [-0.3, -0.25) is 14.9 Å². The van der Waals surface area contributed by atoms with E-state index in [1.165, 1.54) is 0 Å². The summed E-state index contributed by atoms with van der Waals surface area (Å²) in [4.78, 5) is 23.1. The molecule has 2 amide bonds. The number of fused-ring (bicyclic) bond motifs is 1. The molecule has 0 atom stereocenters. The molecule has 3 rings (SSSR count). The highest BCUT2D eigenvalue weighted by atomic mass is 16.2. The fourth-order valence-electron chi connectivity index (χ4n) is 2.19. The van der Waals surface area contributed by atoms with Crippen LogP contribution in [0, 0.1) is 6.92 Å². The Morgan fingerprint density at radius 2 is 1.80 bits per heavy atom. The van der Waals surface area contributed by atoms with E-state index < -0.39 is 0 Å². The first-order chi connectivity index (χ1) is 9.56. The molecule has 0 bridgehead atoms. The lowest BCUT2D eigenvalue weighted by Gasteiger charge is -2.11. The Kier molecular flexibility index (Phi) is 2.68. The summed E-state index contributed by atoms with van der Waals surface area (Å²) in [6.45, 7) is 1.92. The van der Waals surface area contributed by atoms with Gasteiger partial charge in [0.2, 0.25) is 0 Å². The molecule has 0 radical (unpaired) electrons. The molecular weight excluding hydrogens is 254 g/mol. The Morgan fingerprint density at radius 3 is 2.60 bits per heavy atom. The molecule has 0 aliphatic carbocycles. The quantitative estimate of drug-likeness (QED) is 0.575. The zero-order chi connectivity index (χ0) is 14.3. The van der Waals surface area contributed by atoms with E-state index in [1.807, 2.05) is 25.1 Å². The molecule has 0 saturated heterocycles. The highest BCUT2D eigenvalue weighted by Gasteiger charge is 2.26. The van der Waals surface area contributed by atoms with E-state index in [-0.39, 0.29) is 11.8 Å². The SMILES string of the molecule is Cc1c(N)cccc1Nc1ccc2c(c1)C(=O)NC2=O. The average Bonchev–Trinajstić information content (AvgIpc) is 2.70. The molecule has 4 N–H and O–H groups in total. The number of benzene rings is 2. The molecule has 100 valence electrons. The summed E-state index contributed by atoms with van der Waals surface area (Å²) in [5.74, 6) is -0.713. The maximum Gasteiger partial charge on any atom is 0.259 e. The summed E-state index contributed by atoms with van der Waals surface area (Å²) >= 11 is 0. The van der Waals surface area contributed by atoms with Gasteiger partial charge < -0.3 is 11.1 Å². The molecule has 0 fully saturated rings. The third kappa shape index (κ3) is 1.89. The van der Waals surface area contributed by atoms with E-state index in [1.54, 1.807) is 18.2 Å². The molecule has 1 aliphatic rings. The predicted octanol–water partition coefficient (Wildman–Crippen LogP) is 2.20. The summed E-state index contributed by atoms with van der Waals surface area (Å²) in [7, 11) is 0. The zero-order valence-corrected chi connectivity index (χ0v) is 10.9. The number of nitrogen functional groups attached to an aromatic ring is 1. The second kappa shape index (κ2) is 4.38. The van der Waals surface area contributed by atoms with Crippen molar-refractivity contribution in [3.05, 3.63) is 53.1 Å². The average molecular weight is 267 g/mol. The van der Waals surface area contributed by atoms with Crippen molar-refractivity contribution >= 4 is 28.9 Å². The van der Waals surface area contributed by atoms with E-state index in [0.29, 0.717) is 16.8 Å². The van der Waals surface area contributed by atoms with Gasteiger partial charge in [0.25, 0.3) is 11.8 Å². The van der Waals surface area contributed by atoms with Gasteiger partial charge in [-0.05, 0) is 42.8 Å². The van der Waals surface area contributed by atoms with E-state index in [9.17, 15) is 9.59 Å². The van der Waals surface area contributed by atoms with E-state index >= 15 is 0 Å². The molecule has 0 unspecified atom stereocenters. The summed E-state index contributed by atoms with van der Waals surface area (Å²) in [6.07, 6.45) is 0. The molecule has 1 aliphatic heterocycles.